The van der Waals surface area contributed by atoms with Gasteiger partial charge < -0.3 is 25.1 Å². The lowest BCUT2D eigenvalue weighted by atomic mass is 10.2. The number of methoxy groups -OCH3 is 1. The van der Waals surface area contributed by atoms with E-state index in [4.69, 9.17) is 9.15 Å². The Morgan fingerprint density at radius 3 is 2.89 bits per heavy atom. The molecule has 1 saturated carbocycles. The fraction of sp³-hybridized carbons (Fsp3) is 0.348. The topological polar surface area (TPSA) is 141 Å². The van der Waals surface area contributed by atoms with Gasteiger partial charge in [-0.1, -0.05) is 0 Å². The molecule has 0 spiro atoms. The Bertz CT molecular complexity index is 1440. The lowest BCUT2D eigenvalue weighted by molar-refractivity contribution is 0.0916. The molecule has 1 aliphatic carbocycles. The summed E-state index contributed by atoms with van der Waals surface area (Å²) in [5.41, 5.74) is 1.24. The quantitative estimate of drug-likeness (QED) is 0.365. The van der Waals surface area contributed by atoms with Gasteiger partial charge in [0.1, 0.15) is 28.6 Å². The third-order valence-corrected chi connectivity index (χ3v) is 6.17. The Balaban J connectivity index is 1.46. The summed E-state index contributed by atoms with van der Waals surface area (Å²) in [6.45, 7) is 1.76. The third-order valence-electron chi connectivity index (χ3n) is 6.17. The molecular formula is C23H26N8O4. The van der Waals surface area contributed by atoms with Crippen LogP contribution in [0.3, 0.4) is 0 Å². The summed E-state index contributed by atoms with van der Waals surface area (Å²) in [6, 6.07) is 5.11. The van der Waals surface area contributed by atoms with Gasteiger partial charge in [-0.3, -0.25) is 14.2 Å². The average molecular weight is 479 g/mol. The highest BCUT2D eigenvalue weighted by Gasteiger charge is 2.27. The first-order chi connectivity index (χ1) is 17.0. The molecule has 0 aliphatic heterocycles. The Kier molecular flexibility index (Phi) is 5.95. The molecule has 0 bridgehead atoms. The number of fused-ring (bicyclic) bond motifs is 1. The van der Waals surface area contributed by atoms with Crippen molar-refractivity contribution in [2.75, 3.05) is 24.8 Å². The smallest absolute Gasteiger partial charge is 0.281 e. The molecule has 12 heteroatoms. The van der Waals surface area contributed by atoms with Crippen LogP contribution in [0, 0.1) is 6.92 Å². The summed E-state index contributed by atoms with van der Waals surface area (Å²) in [5.74, 6) is 1.06. The number of carbonyl (C=O) groups is 1. The number of aryl methyl sites for hydroxylation is 1. The Hall–Kier alpha value is -4.19. The lowest BCUT2D eigenvalue weighted by Crippen LogP contribution is -2.33. The highest BCUT2D eigenvalue weighted by molar-refractivity contribution is 6.00. The molecule has 12 nitrogen and oxygen atoms in total. The molecule has 0 aromatic carbocycles. The zero-order valence-corrected chi connectivity index (χ0v) is 19.6. The van der Waals surface area contributed by atoms with Gasteiger partial charge in [0.2, 0.25) is 5.88 Å². The van der Waals surface area contributed by atoms with E-state index in [0.29, 0.717) is 34.4 Å². The van der Waals surface area contributed by atoms with E-state index in [2.05, 4.69) is 31.0 Å². The second kappa shape index (κ2) is 9.22. The van der Waals surface area contributed by atoms with Gasteiger partial charge in [-0.25, -0.2) is 9.97 Å². The molecule has 4 aromatic rings. The standard InChI is InChI=1S/C23H26N8O4/c1-13-23(35-12-25-13)30-8-4-5-17(22(30)33)28-18-10-19(24-2)31-20(29-18)16(11-26-31)21(32)27-14-6-7-15(9-14)34-3/h4-5,8,10-12,14-15,24H,6-7,9H2,1-3H3,(H,27,32)(H,28,29)/t14?,15-/m0/s1. The van der Waals surface area contributed by atoms with Crippen LogP contribution in [0.5, 0.6) is 0 Å². The fourth-order valence-corrected chi connectivity index (χ4v) is 4.33. The molecular weight excluding hydrogens is 452 g/mol. The van der Waals surface area contributed by atoms with Gasteiger partial charge in [-0.15, -0.1) is 0 Å². The number of aromatic nitrogens is 5. The second-order valence-corrected chi connectivity index (χ2v) is 8.38. The highest BCUT2D eigenvalue weighted by Crippen LogP contribution is 2.24. The first kappa shape index (κ1) is 22.6. The van der Waals surface area contributed by atoms with Crippen LogP contribution < -0.4 is 21.5 Å². The maximum atomic E-state index is 13.1. The molecule has 1 aliphatic rings. The number of rotatable bonds is 7. The van der Waals surface area contributed by atoms with Crippen molar-refractivity contribution in [3.05, 3.63) is 58.6 Å². The van der Waals surface area contributed by atoms with Crippen LogP contribution in [-0.2, 0) is 4.74 Å². The summed E-state index contributed by atoms with van der Waals surface area (Å²) in [7, 11) is 3.43. The summed E-state index contributed by atoms with van der Waals surface area (Å²) >= 11 is 0. The van der Waals surface area contributed by atoms with Gasteiger partial charge in [0, 0.05) is 32.5 Å². The first-order valence-electron chi connectivity index (χ1n) is 11.3. The van der Waals surface area contributed by atoms with Gasteiger partial charge >= 0.3 is 0 Å². The predicted octanol–water partition coefficient (Wildman–Crippen LogP) is 2.26. The van der Waals surface area contributed by atoms with Crippen molar-refractivity contribution in [3.8, 4) is 5.88 Å². The van der Waals surface area contributed by atoms with Crippen molar-refractivity contribution in [1.29, 1.82) is 0 Å². The fourth-order valence-electron chi connectivity index (χ4n) is 4.33. The van der Waals surface area contributed by atoms with E-state index in [9.17, 15) is 9.59 Å². The van der Waals surface area contributed by atoms with E-state index < -0.39 is 0 Å². The van der Waals surface area contributed by atoms with Crippen molar-refractivity contribution in [1.82, 2.24) is 29.5 Å². The first-order valence-corrected chi connectivity index (χ1v) is 11.3. The van der Waals surface area contributed by atoms with Crippen LogP contribution in [0.2, 0.25) is 0 Å². The number of nitrogens with zero attached hydrogens (tertiary/aromatic N) is 5. The van der Waals surface area contributed by atoms with E-state index in [1.54, 1.807) is 50.0 Å². The van der Waals surface area contributed by atoms with Gasteiger partial charge in [-0.05, 0) is 38.3 Å². The number of ether oxygens (including phenoxy) is 1. The Morgan fingerprint density at radius 2 is 2.17 bits per heavy atom. The number of carbonyl (C=O) groups excluding carboxylic acids is 1. The highest BCUT2D eigenvalue weighted by atomic mass is 16.5. The summed E-state index contributed by atoms with van der Waals surface area (Å²) in [4.78, 5) is 34.8. The molecule has 182 valence electrons. The van der Waals surface area contributed by atoms with E-state index >= 15 is 0 Å². The third kappa shape index (κ3) is 4.23. The van der Waals surface area contributed by atoms with Crippen molar-refractivity contribution < 1.29 is 13.9 Å². The predicted molar refractivity (Wildman–Crippen MR) is 129 cm³/mol. The van der Waals surface area contributed by atoms with E-state index in [1.807, 2.05) is 0 Å². The molecule has 1 amide bonds. The zero-order valence-electron chi connectivity index (χ0n) is 19.6. The second-order valence-electron chi connectivity index (χ2n) is 8.38. The van der Waals surface area contributed by atoms with Gasteiger partial charge in [0.05, 0.1) is 12.3 Å². The summed E-state index contributed by atoms with van der Waals surface area (Å²) in [5, 5.41) is 13.5. The van der Waals surface area contributed by atoms with Crippen molar-refractivity contribution in [3.63, 3.8) is 0 Å². The molecule has 3 N–H and O–H groups in total. The van der Waals surface area contributed by atoms with E-state index in [1.165, 1.54) is 17.2 Å². The molecule has 4 heterocycles. The van der Waals surface area contributed by atoms with Crippen LogP contribution in [0.4, 0.5) is 17.3 Å². The normalized spacial score (nSPS) is 17.6. The maximum Gasteiger partial charge on any atom is 0.281 e. The van der Waals surface area contributed by atoms with E-state index in [0.717, 1.165) is 19.3 Å². The Morgan fingerprint density at radius 1 is 1.31 bits per heavy atom. The summed E-state index contributed by atoms with van der Waals surface area (Å²) < 4.78 is 13.7. The molecule has 35 heavy (non-hydrogen) atoms. The number of anilines is 3. The number of pyridine rings is 1. The molecule has 2 atom stereocenters. The van der Waals surface area contributed by atoms with Gasteiger partial charge in [0.15, 0.2) is 12.0 Å². The molecule has 0 radical (unpaired) electrons. The number of amides is 1. The van der Waals surface area contributed by atoms with Crippen LogP contribution in [0.1, 0.15) is 35.3 Å². The average Bonchev–Trinajstić information content (AvgIpc) is 3.59. The lowest BCUT2D eigenvalue weighted by Gasteiger charge is -2.13. The minimum Gasteiger partial charge on any atom is -0.427 e. The SMILES string of the molecule is CNc1cc(Nc2cccn(-c3ocnc3C)c2=O)nc2c(C(=O)NC3CC[C@H](OC)C3)cnn12. The Labute approximate surface area is 200 Å². The van der Waals surface area contributed by atoms with Crippen LogP contribution >= 0.6 is 0 Å². The number of oxazole rings is 1. The van der Waals surface area contributed by atoms with Crippen molar-refractivity contribution in [2.45, 2.75) is 38.3 Å². The molecule has 1 unspecified atom stereocenters. The number of nitrogens with one attached hydrogen (secondary N) is 3. The van der Waals surface area contributed by atoms with Crippen LogP contribution in [0.15, 0.2) is 46.2 Å². The number of hydrogen-bond donors (Lipinski definition) is 3. The molecule has 4 aromatic heterocycles. The zero-order chi connectivity index (χ0) is 24.5. The van der Waals surface area contributed by atoms with Gasteiger partial charge in [0.25, 0.3) is 11.5 Å². The minimum absolute atomic E-state index is 0.0369. The van der Waals surface area contributed by atoms with E-state index in [-0.39, 0.29) is 29.3 Å². The molecule has 5 rings (SSSR count). The van der Waals surface area contributed by atoms with Crippen molar-refractivity contribution in [2.24, 2.45) is 0 Å². The van der Waals surface area contributed by atoms with Crippen molar-refractivity contribution >= 4 is 28.9 Å². The largest absolute Gasteiger partial charge is 0.427 e. The summed E-state index contributed by atoms with van der Waals surface area (Å²) in [6.07, 6.45) is 7.09. The number of hydrogen-bond acceptors (Lipinski definition) is 9. The minimum atomic E-state index is -0.333. The van der Waals surface area contributed by atoms with Crippen LogP contribution in [-0.4, -0.2) is 56.4 Å². The maximum absolute atomic E-state index is 13.1. The molecule has 0 saturated heterocycles. The van der Waals surface area contributed by atoms with Crippen LogP contribution in [0.25, 0.3) is 11.5 Å². The molecule has 1 fully saturated rings. The van der Waals surface area contributed by atoms with Gasteiger partial charge in [-0.2, -0.15) is 9.61 Å². The monoisotopic (exact) mass is 478 g/mol.